The van der Waals surface area contributed by atoms with E-state index in [4.69, 9.17) is 14.2 Å². The summed E-state index contributed by atoms with van der Waals surface area (Å²) in [5, 5.41) is 0. The number of hydrogen-bond acceptors (Lipinski definition) is 5. The minimum atomic E-state index is -0.749. The van der Waals surface area contributed by atoms with E-state index >= 15 is 0 Å². The molecule has 23 heavy (non-hydrogen) atoms. The van der Waals surface area contributed by atoms with Crippen LogP contribution in [-0.2, 0) is 19.1 Å². The number of para-hydroxylation sites is 2. The molecule has 120 valence electrons. The molecule has 3 heterocycles. The highest BCUT2D eigenvalue weighted by atomic mass is 16.5. The molecular weight excluding hydrogens is 298 g/mol. The van der Waals surface area contributed by atoms with Gasteiger partial charge in [-0.05, 0) is 12.1 Å². The lowest BCUT2D eigenvalue weighted by atomic mass is 9.77. The molecule has 0 radical (unpaired) electrons. The Morgan fingerprint density at radius 2 is 2.13 bits per heavy atom. The molecule has 0 saturated carbocycles. The Labute approximate surface area is 133 Å². The van der Waals surface area contributed by atoms with E-state index in [-0.39, 0.29) is 12.0 Å². The van der Waals surface area contributed by atoms with E-state index in [1.165, 1.54) is 7.11 Å². The van der Waals surface area contributed by atoms with E-state index in [0.29, 0.717) is 18.0 Å². The second-order valence-corrected chi connectivity index (χ2v) is 6.02. The van der Waals surface area contributed by atoms with Crippen LogP contribution in [0.25, 0.3) is 0 Å². The van der Waals surface area contributed by atoms with Crippen molar-refractivity contribution in [3.05, 3.63) is 36.4 Å². The number of methoxy groups -OCH3 is 2. The van der Waals surface area contributed by atoms with Crippen LogP contribution in [0.5, 0.6) is 5.75 Å². The van der Waals surface area contributed by atoms with Gasteiger partial charge in [0.2, 0.25) is 5.91 Å². The third kappa shape index (κ3) is 1.78. The molecule has 0 unspecified atom stereocenters. The van der Waals surface area contributed by atoms with Gasteiger partial charge in [-0.15, -0.1) is 0 Å². The van der Waals surface area contributed by atoms with Crippen LogP contribution in [-0.4, -0.2) is 44.3 Å². The molecule has 1 spiro atoms. The van der Waals surface area contributed by atoms with Crippen LogP contribution in [0.4, 0.5) is 5.69 Å². The van der Waals surface area contributed by atoms with E-state index in [9.17, 15) is 9.59 Å². The quantitative estimate of drug-likeness (QED) is 0.618. The zero-order chi connectivity index (χ0) is 16.2. The van der Waals surface area contributed by atoms with Crippen molar-refractivity contribution in [2.24, 2.45) is 11.8 Å². The van der Waals surface area contributed by atoms with Crippen LogP contribution < -0.4 is 9.64 Å². The number of fused-ring (bicyclic) bond motifs is 1. The van der Waals surface area contributed by atoms with Gasteiger partial charge in [-0.3, -0.25) is 9.59 Å². The Bertz CT molecular complexity index is 715. The summed E-state index contributed by atoms with van der Waals surface area (Å²) in [4.78, 5) is 26.8. The zero-order valence-corrected chi connectivity index (χ0v) is 12.9. The monoisotopic (exact) mass is 315 g/mol. The van der Waals surface area contributed by atoms with E-state index in [1.54, 1.807) is 18.1 Å². The Kier molecular flexibility index (Phi) is 2.99. The molecule has 6 heteroatoms. The lowest BCUT2D eigenvalue weighted by Crippen LogP contribution is -2.39. The Morgan fingerprint density at radius 3 is 2.87 bits per heavy atom. The number of carbonyl (C=O) groups is 2. The van der Waals surface area contributed by atoms with Crippen molar-refractivity contribution >= 4 is 17.6 Å². The van der Waals surface area contributed by atoms with Crippen LogP contribution in [0.3, 0.4) is 0 Å². The van der Waals surface area contributed by atoms with Crippen molar-refractivity contribution in [2.45, 2.75) is 11.7 Å². The van der Waals surface area contributed by atoms with Gasteiger partial charge in [0, 0.05) is 0 Å². The maximum Gasteiger partial charge on any atom is 0.312 e. The van der Waals surface area contributed by atoms with Gasteiger partial charge >= 0.3 is 5.97 Å². The molecule has 3 aliphatic heterocycles. The van der Waals surface area contributed by atoms with Crippen molar-refractivity contribution < 1.29 is 23.8 Å². The van der Waals surface area contributed by atoms with Gasteiger partial charge in [0.15, 0.2) is 0 Å². The van der Waals surface area contributed by atoms with Gasteiger partial charge in [-0.2, -0.15) is 0 Å². The van der Waals surface area contributed by atoms with Gasteiger partial charge in [-0.1, -0.05) is 24.3 Å². The first-order valence-electron chi connectivity index (χ1n) is 7.51. The fourth-order valence-corrected chi connectivity index (χ4v) is 3.96. The van der Waals surface area contributed by atoms with Crippen molar-refractivity contribution in [3.63, 3.8) is 0 Å². The average molecular weight is 315 g/mol. The van der Waals surface area contributed by atoms with E-state index in [2.05, 4.69) is 0 Å². The summed E-state index contributed by atoms with van der Waals surface area (Å²) in [6.07, 6.45) is 3.39. The predicted molar refractivity (Wildman–Crippen MR) is 81.1 cm³/mol. The smallest absolute Gasteiger partial charge is 0.312 e. The van der Waals surface area contributed by atoms with Gasteiger partial charge in [0.1, 0.15) is 17.3 Å². The average Bonchev–Trinajstić information content (AvgIpc) is 3.22. The van der Waals surface area contributed by atoms with Gasteiger partial charge in [0.05, 0.1) is 38.5 Å². The third-order valence-electron chi connectivity index (χ3n) is 4.95. The third-order valence-corrected chi connectivity index (χ3v) is 4.95. The minimum Gasteiger partial charge on any atom is -0.495 e. The molecule has 2 bridgehead atoms. The van der Waals surface area contributed by atoms with Crippen molar-refractivity contribution in [2.75, 3.05) is 25.7 Å². The van der Waals surface area contributed by atoms with Crippen LogP contribution in [0, 0.1) is 11.8 Å². The summed E-state index contributed by atoms with van der Waals surface area (Å²) in [6, 6.07) is 7.34. The van der Waals surface area contributed by atoms with Gasteiger partial charge in [0.25, 0.3) is 0 Å². The maximum absolute atomic E-state index is 13.0. The summed E-state index contributed by atoms with van der Waals surface area (Å²) in [5.41, 5.74) is -0.0607. The second-order valence-electron chi connectivity index (χ2n) is 6.02. The number of anilines is 1. The summed E-state index contributed by atoms with van der Waals surface area (Å²) in [7, 11) is 2.90. The number of esters is 1. The summed E-state index contributed by atoms with van der Waals surface area (Å²) >= 11 is 0. The van der Waals surface area contributed by atoms with Crippen molar-refractivity contribution in [3.8, 4) is 5.75 Å². The van der Waals surface area contributed by atoms with Crippen LogP contribution in [0.1, 0.15) is 0 Å². The molecule has 4 atom stereocenters. The van der Waals surface area contributed by atoms with E-state index in [1.807, 2.05) is 30.4 Å². The molecule has 0 aliphatic carbocycles. The largest absolute Gasteiger partial charge is 0.495 e. The molecule has 6 nitrogen and oxygen atoms in total. The Balaban J connectivity index is 1.75. The zero-order valence-electron chi connectivity index (χ0n) is 12.9. The standard InChI is InChI=1S/C17H17NO5/c1-21-11-6-4-3-5-10(11)18-9-17-8-7-12(23-17)13(16(20)22-2)14(17)15(18)19/h3-8,12-14H,9H2,1-2H3/t12-,13-,14+,17-/m0/s1. The maximum atomic E-state index is 13.0. The van der Waals surface area contributed by atoms with E-state index < -0.39 is 23.4 Å². The highest BCUT2D eigenvalue weighted by molar-refractivity contribution is 6.03. The number of ether oxygens (including phenoxy) is 3. The van der Waals surface area contributed by atoms with Crippen LogP contribution in [0.15, 0.2) is 36.4 Å². The fraction of sp³-hybridized carbons (Fsp3) is 0.412. The molecule has 4 rings (SSSR count). The number of rotatable bonds is 3. The van der Waals surface area contributed by atoms with Crippen LogP contribution in [0.2, 0.25) is 0 Å². The highest BCUT2D eigenvalue weighted by Crippen LogP contribution is 2.53. The molecule has 0 aromatic heterocycles. The number of carbonyl (C=O) groups excluding carboxylic acids is 2. The normalized spacial score (nSPS) is 33.9. The minimum absolute atomic E-state index is 0.128. The Morgan fingerprint density at radius 1 is 1.35 bits per heavy atom. The summed E-state index contributed by atoms with van der Waals surface area (Å²) < 4.78 is 16.2. The topological polar surface area (TPSA) is 65.1 Å². The lowest BCUT2D eigenvalue weighted by Gasteiger charge is -2.22. The molecule has 0 N–H and O–H groups in total. The first-order valence-corrected chi connectivity index (χ1v) is 7.51. The molecular formula is C17H17NO5. The van der Waals surface area contributed by atoms with Crippen molar-refractivity contribution in [1.29, 1.82) is 0 Å². The number of amides is 1. The van der Waals surface area contributed by atoms with E-state index in [0.717, 1.165) is 0 Å². The van der Waals surface area contributed by atoms with Crippen LogP contribution >= 0.6 is 0 Å². The SMILES string of the molecule is COC(=O)[C@H]1[C@@H]2C=C[C@@]3(CN(c4ccccc4OC)C(=O)[C@@H]13)O2. The van der Waals surface area contributed by atoms with Gasteiger partial charge in [-0.25, -0.2) is 0 Å². The highest BCUT2D eigenvalue weighted by Gasteiger charge is 2.67. The lowest BCUT2D eigenvalue weighted by molar-refractivity contribution is -0.149. The van der Waals surface area contributed by atoms with Crippen molar-refractivity contribution in [1.82, 2.24) is 0 Å². The Hall–Kier alpha value is -2.34. The molecule has 2 saturated heterocycles. The first kappa shape index (κ1) is 14.3. The second kappa shape index (κ2) is 4.83. The number of hydrogen-bond donors (Lipinski definition) is 0. The fourth-order valence-electron chi connectivity index (χ4n) is 3.96. The molecule has 3 aliphatic rings. The summed E-state index contributed by atoms with van der Waals surface area (Å²) in [5.74, 6) is -1.05. The number of nitrogens with zero attached hydrogens (tertiary/aromatic N) is 1. The first-order chi connectivity index (χ1) is 11.1. The summed E-state index contributed by atoms with van der Waals surface area (Å²) in [6.45, 7) is 0.372. The molecule has 1 amide bonds. The molecule has 1 aromatic carbocycles. The number of benzene rings is 1. The molecule has 1 aromatic rings. The van der Waals surface area contributed by atoms with Gasteiger partial charge < -0.3 is 19.1 Å². The predicted octanol–water partition coefficient (Wildman–Crippen LogP) is 1.15. The molecule has 2 fully saturated rings.